The van der Waals surface area contributed by atoms with Gasteiger partial charge in [0.1, 0.15) is 6.61 Å². The fourth-order valence-electron chi connectivity index (χ4n) is 5.48. The first-order valence-electron chi connectivity index (χ1n) is 15.6. The molecule has 0 aliphatic carbocycles. The van der Waals surface area contributed by atoms with Gasteiger partial charge in [-0.25, -0.2) is 9.79 Å². The number of nitrogens with zero attached hydrogens (tertiary/aromatic N) is 3. The van der Waals surface area contributed by atoms with Gasteiger partial charge in [0.2, 0.25) is 0 Å². The molecule has 0 bridgehead atoms. The van der Waals surface area contributed by atoms with Crippen molar-refractivity contribution in [2.24, 2.45) is 4.99 Å². The molecule has 1 aliphatic rings. The zero-order valence-corrected chi connectivity index (χ0v) is 30.3. The first-order valence-corrected chi connectivity index (χ1v) is 17.5. The predicted molar refractivity (Wildman–Crippen MR) is 193 cm³/mol. The topological polar surface area (TPSA) is 122 Å². The zero-order chi connectivity index (χ0) is 34.5. The van der Waals surface area contributed by atoms with Gasteiger partial charge in [0, 0.05) is 12.1 Å². The maximum absolute atomic E-state index is 14.2. The van der Waals surface area contributed by atoms with E-state index in [0.717, 1.165) is 32.2 Å². The van der Waals surface area contributed by atoms with Gasteiger partial charge in [0.25, 0.3) is 11.2 Å². The standard InChI is InChI=1S/C36H36IN3O7S/c1-6-8-28-31(35(42)46-7-2)32(25-13-11-24(12-14-25)21(3)4)39-34(41)30(48-36(39)38-28)19-23-17-27(37)33(29(18-23)45-5)47-20-22-9-15-26(16-10-22)40(43)44/h9-19,21,32H,6-8,20H2,1-5H3/b30-19-/t32-/m1/s1. The van der Waals surface area contributed by atoms with Gasteiger partial charge >= 0.3 is 5.97 Å². The smallest absolute Gasteiger partial charge is 0.338 e. The first kappa shape index (κ1) is 35.0. The summed E-state index contributed by atoms with van der Waals surface area (Å²) >= 11 is 3.43. The highest BCUT2D eigenvalue weighted by molar-refractivity contribution is 14.1. The SMILES string of the molecule is CCCC1=C(C(=O)OCC)[C@@H](c2ccc(C(C)C)cc2)n2c(s/c(=C\c3cc(I)c(OCc4ccc([N+](=O)[O-])cc4)c(OC)c3)c2=O)=N1. The third-order valence-electron chi connectivity index (χ3n) is 7.89. The van der Waals surface area contributed by atoms with E-state index in [1.807, 2.05) is 37.3 Å². The molecule has 250 valence electrons. The van der Waals surface area contributed by atoms with Crippen molar-refractivity contribution >= 4 is 51.7 Å². The summed E-state index contributed by atoms with van der Waals surface area (Å²) in [6, 6.07) is 17.2. The highest BCUT2D eigenvalue weighted by Gasteiger charge is 2.34. The Hall–Kier alpha value is -4.30. The summed E-state index contributed by atoms with van der Waals surface area (Å²) in [6.45, 7) is 8.43. The van der Waals surface area contributed by atoms with Crippen LogP contribution in [0.4, 0.5) is 5.69 Å². The lowest BCUT2D eigenvalue weighted by Crippen LogP contribution is -2.40. The number of fused-ring (bicyclic) bond motifs is 1. The number of nitro benzene ring substituents is 1. The second-order valence-corrected chi connectivity index (χ2v) is 13.7. The maximum atomic E-state index is 14.2. The molecule has 0 unspecified atom stereocenters. The molecule has 1 atom stereocenters. The number of methoxy groups -OCH3 is 1. The van der Waals surface area contributed by atoms with Crippen molar-refractivity contribution in [3.05, 3.63) is 128 Å². The number of halogens is 1. The van der Waals surface area contributed by atoms with Gasteiger partial charge in [-0.3, -0.25) is 19.5 Å². The Morgan fingerprint density at radius 1 is 1.12 bits per heavy atom. The van der Waals surface area contributed by atoms with Crippen LogP contribution in [-0.4, -0.2) is 29.2 Å². The number of ether oxygens (including phenoxy) is 3. The third kappa shape index (κ3) is 7.39. The molecule has 5 rings (SSSR count). The van der Waals surface area contributed by atoms with Gasteiger partial charge < -0.3 is 14.2 Å². The molecular weight excluding hydrogens is 745 g/mol. The van der Waals surface area contributed by atoms with Gasteiger partial charge in [0.15, 0.2) is 16.3 Å². The van der Waals surface area contributed by atoms with Gasteiger partial charge in [-0.1, -0.05) is 62.8 Å². The number of hydrogen-bond acceptors (Lipinski definition) is 9. The summed E-state index contributed by atoms with van der Waals surface area (Å²) < 4.78 is 20.1. The van der Waals surface area contributed by atoms with E-state index < -0.39 is 16.9 Å². The van der Waals surface area contributed by atoms with Crippen molar-refractivity contribution in [3.63, 3.8) is 0 Å². The average molecular weight is 782 g/mol. The number of nitro groups is 1. The quantitative estimate of drug-likeness (QED) is 0.0671. The Morgan fingerprint density at radius 3 is 2.44 bits per heavy atom. The minimum absolute atomic E-state index is 0.00889. The lowest BCUT2D eigenvalue weighted by atomic mass is 9.92. The van der Waals surface area contributed by atoms with E-state index in [1.165, 1.54) is 23.5 Å². The third-order valence-corrected chi connectivity index (χ3v) is 9.68. The van der Waals surface area contributed by atoms with Crippen LogP contribution in [0.1, 0.15) is 74.8 Å². The first-order chi connectivity index (χ1) is 23.1. The number of allylic oxidation sites excluding steroid dienone is 1. The van der Waals surface area contributed by atoms with E-state index in [9.17, 15) is 19.7 Å². The molecular formula is C36H36IN3O7S. The molecule has 12 heteroatoms. The molecule has 0 saturated carbocycles. The molecule has 4 aromatic rings. The van der Waals surface area contributed by atoms with E-state index in [4.69, 9.17) is 19.2 Å². The minimum atomic E-state index is -0.685. The molecule has 10 nitrogen and oxygen atoms in total. The van der Waals surface area contributed by atoms with Crippen LogP contribution in [0.3, 0.4) is 0 Å². The Labute approximate surface area is 295 Å². The minimum Gasteiger partial charge on any atom is -0.493 e. The fourth-order valence-corrected chi connectivity index (χ4v) is 7.28. The van der Waals surface area contributed by atoms with E-state index >= 15 is 0 Å². The number of carbonyl (C=O) groups is 1. The molecule has 3 aromatic carbocycles. The van der Waals surface area contributed by atoms with E-state index in [-0.39, 0.29) is 24.5 Å². The van der Waals surface area contributed by atoms with Crippen LogP contribution in [-0.2, 0) is 16.1 Å². The lowest BCUT2D eigenvalue weighted by molar-refractivity contribution is -0.384. The normalized spacial score (nSPS) is 14.5. The van der Waals surface area contributed by atoms with Crippen molar-refractivity contribution < 1.29 is 23.9 Å². The molecule has 0 spiro atoms. The fraction of sp³-hybridized carbons (Fsp3) is 0.306. The van der Waals surface area contributed by atoms with Crippen molar-refractivity contribution in [3.8, 4) is 11.5 Å². The molecule has 0 amide bonds. The summed E-state index contributed by atoms with van der Waals surface area (Å²) in [5.74, 6) is 0.847. The molecule has 1 aliphatic heterocycles. The maximum Gasteiger partial charge on any atom is 0.338 e. The lowest BCUT2D eigenvalue weighted by Gasteiger charge is -2.26. The summed E-state index contributed by atoms with van der Waals surface area (Å²) in [7, 11) is 1.54. The number of benzene rings is 3. The van der Waals surface area contributed by atoms with E-state index in [2.05, 4.69) is 36.4 Å². The summed E-state index contributed by atoms with van der Waals surface area (Å²) in [4.78, 5) is 43.6. The van der Waals surface area contributed by atoms with Crippen LogP contribution in [0.15, 0.2) is 81.7 Å². The van der Waals surface area contributed by atoms with E-state index in [1.54, 1.807) is 42.9 Å². The number of hydrogen-bond donors (Lipinski definition) is 0. The summed E-state index contributed by atoms with van der Waals surface area (Å²) in [6.07, 6.45) is 3.13. The predicted octanol–water partition coefficient (Wildman–Crippen LogP) is 6.80. The molecule has 0 saturated heterocycles. The van der Waals surface area contributed by atoms with Crippen LogP contribution in [0.2, 0.25) is 0 Å². The molecule has 0 radical (unpaired) electrons. The van der Waals surface area contributed by atoms with Crippen LogP contribution in [0.5, 0.6) is 11.5 Å². The van der Waals surface area contributed by atoms with Gasteiger partial charge in [-0.15, -0.1) is 0 Å². The summed E-state index contributed by atoms with van der Waals surface area (Å²) in [5.41, 5.74) is 4.22. The van der Waals surface area contributed by atoms with Gasteiger partial charge in [0.05, 0.1) is 44.1 Å². The Bertz CT molecular complexity index is 2050. The van der Waals surface area contributed by atoms with Gasteiger partial charge in [-0.2, -0.15) is 0 Å². The van der Waals surface area contributed by atoms with Crippen LogP contribution in [0, 0.1) is 13.7 Å². The van der Waals surface area contributed by atoms with Crippen molar-refractivity contribution in [1.29, 1.82) is 0 Å². The number of thiazole rings is 1. The van der Waals surface area contributed by atoms with Crippen molar-refractivity contribution in [2.75, 3.05) is 13.7 Å². The monoisotopic (exact) mass is 781 g/mol. The Morgan fingerprint density at radius 2 is 1.83 bits per heavy atom. The number of esters is 1. The highest BCUT2D eigenvalue weighted by Crippen LogP contribution is 2.36. The van der Waals surface area contributed by atoms with Crippen LogP contribution in [0.25, 0.3) is 6.08 Å². The average Bonchev–Trinajstić information content (AvgIpc) is 3.37. The number of rotatable bonds is 12. The Kier molecular flexibility index (Phi) is 11.2. The number of carbonyl (C=O) groups excluding carboxylic acids is 1. The second-order valence-electron chi connectivity index (χ2n) is 11.5. The van der Waals surface area contributed by atoms with Crippen LogP contribution < -0.4 is 24.4 Å². The zero-order valence-electron chi connectivity index (χ0n) is 27.3. The van der Waals surface area contributed by atoms with Crippen LogP contribution >= 0.6 is 33.9 Å². The van der Waals surface area contributed by atoms with Crippen molar-refractivity contribution in [1.82, 2.24) is 4.57 Å². The Balaban J connectivity index is 1.57. The van der Waals surface area contributed by atoms with Crippen molar-refractivity contribution in [2.45, 2.75) is 59.1 Å². The highest BCUT2D eigenvalue weighted by atomic mass is 127. The molecule has 1 aromatic heterocycles. The number of non-ortho nitro benzene ring substituents is 1. The largest absolute Gasteiger partial charge is 0.493 e. The molecule has 48 heavy (non-hydrogen) atoms. The molecule has 0 fully saturated rings. The molecule has 0 N–H and O–H groups in total. The van der Waals surface area contributed by atoms with Gasteiger partial charge in [-0.05, 0) is 94.4 Å². The second kappa shape index (κ2) is 15.3. The summed E-state index contributed by atoms with van der Waals surface area (Å²) in [5, 5.41) is 11.0. The number of aromatic nitrogens is 1. The molecule has 2 heterocycles. The van der Waals surface area contributed by atoms with E-state index in [0.29, 0.717) is 44.4 Å².